The molecule has 0 spiro atoms. The predicted molar refractivity (Wildman–Crippen MR) is 98.0 cm³/mol. The van der Waals surface area contributed by atoms with Crippen LogP contribution in [0.15, 0.2) is 11.9 Å². The number of hydrogen-bond acceptors (Lipinski definition) is 5. The van der Waals surface area contributed by atoms with Gasteiger partial charge in [-0.3, -0.25) is 4.79 Å². The van der Waals surface area contributed by atoms with Gasteiger partial charge in [-0.25, -0.2) is 14.3 Å². The first kappa shape index (κ1) is 22.4. The lowest BCUT2D eigenvalue weighted by molar-refractivity contribution is -0.166. The van der Waals surface area contributed by atoms with Crippen molar-refractivity contribution in [3.63, 3.8) is 0 Å². The van der Waals surface area contributed by atoms with Crippen LogP contribution in [0, 0.1) is 5.92 Å². The summed E-state index contributed by atoms with van der Waals surface area (Å²) in [5.41, 5.74) is -2.30. The lowest BCUT2D eigenvalue weighted by atomic mass is 9.84. The van der Waals surface area contributed by atoms with Gasteiger partial charge in [0.25, 0.3) is 0 Å². The van der Waals surface area contributed by atoms with Gasteiger partial charge in [0.1, 0.15) is 0 Å². The largest absolute Gasteiger partial charge is 0.479 e. The van der Waals surface area contributed by atoms with E-state index in [4.69, 9.17) is 4.74 Å². The second kappa shape index (κ2) is 8.35. The van der Waals surface area contributed by atoms with E-state index in [-0.39, 0.29) is 24.9 Å². The molecule has 8 nitrogen and oxygen atoms in total. The van der Waals surface area contributed by atoms with Gasteiger partial charge in [-0.2, -0.15) is 0 Å². The van der Waals surface area contributed by atoms with E-state index in [1.54, 1.807) is 6.92 Å². The van der Waals surface area contributed by atoms with Crippen molar-refractivity contribution in [2.24, 2.45) is 5.92 Å². The molecule has 1 amide bonds. The van der Waals surface area contributed by atoms with Gasteiger partial charge < -0.3 is 19.7 Å². The molecule has 1 rings (SSSR count). The zero-order valence-corrected chi connectivity index (χ0v) is 17.1. The molecule has 3 atom stereocenters. The van der Waals surface area contributed by atoms with E-state index in [0.717, 1.165) is 6.92 Å². The number of hydrogen-bond donors (Lipinski definition) is 2. The van der Waals surface area contributed by atoms with Crippen molar-refractivity contribution in [1.82, 2.24) is 9.99 Å². The minimum atomic E-state index is -3.06. The van der Waals surface area contributed by atoms with Gasteiger partial charge >= 0.3 is 11.9 Å². The van der Waals surface area contributed by atoms with E-state index >= 15 is 0 Å². The Balaban J connectivity index is 3.37. The molecule has 148 valence electrons. The molecule has 1 aliphatic rings. The molecule has 1 unspecified atom stereocenters. The molecule has 1 aliphatic heterocycles. The van der Waals surface area contributed by atoms with E-state index in [2.05, 4.69) is 5.32 Å². The molecule has 0 aromatic carbocycles. The molecular weight excluding hydrogens is 359 g/mol. The summed E-state index contributed by atoms with van der Waals surface area (Å²) in [6.07, 6.45) is 1.40. The minimum absolute atomic E-state index is 0.0354. The van der Waals surface area contributed by atoms with Gasteiger partial charge in [-0.1, -0.05) is 6.08 Å². The van der Waals surface area contributed by atoms with Gasteiger partial charge in [-0.15, -0.1) is 0 Å². The number of rotatable bonds is 8. The number of aliphatic carboxylic acids is 1. The Hall–Kier alpha value is -1.66. The first-order valence-corrected chi connectivity index (χ1v) is 10.6. The summed E-state index contributed by atoms with van der Waals surface area (Å²) >= 11 is 0. The highest BCUT2D eigenvalue weighted by molar-refractivity contribution is 7.65. The van der Waals surface area contributed by atoms with Crippen LogP contribution in [-0.4, -0.2) is 58.0 Å². The van der Waals surface area contributed by atoms with Crippen LogP contribution < -0.4 is 5.32 Å². The van der Waals surface area contributed by atoms with Crippen molar-refractivity contribution in [1.29, 1.82) is 0 Å². The number of carboxylic acid groups (broad SMARTS) is 1. The van der Waals surface area contributed by atoms with Crippen molar-refractivity contribution in [2.45, 2.75) is 59.2 Å². The highest BCUT2D eigenvalue weighted by Gasteiger charge is 2.58. The molecule has 0 bridgehead atoms. The zero-order chi connectivity index (χ0) is 20.3. The number of amides is 1. The second-order valence-corrected chi connectivity index (χ2v) is 9.60. The highest BCUT2D eigenvalue weighted by atomic mass is 31.2. The maximum atomic E-state index is 13.5. The van der Waals surface area contributed by atoms with Crippen molar-refractivity contribution < 1.29 is 28.8 Å². The van der Waals surface area contributed by atoms with Gasteiger partial charge in [-0.05, 0) is 40.4 Å². The van der Waals surface area contributed by atoms with E-state index in [1.165, 1.54) is 11.9 Å². The lowest BCUT2D eigenvalue weighted by Gasteiger charge is -2.37. The Morgan fingerprint density at radius 1 is 1.31 bits per heavy atom. The maximum absolute atomic E-state index is 13.5. The molecule has 0 fully saturated rings. The summed E-state index contributed by atoms with van der Waals surface area (Å²) in [7, 11) is -3.06. The minimum Gasteiger partial charge on any atom is -0.479 e. The standard InChI is InChI=1S/C17H29N2O6P/c1-7-25-16(23)17(15(21)22,18-13(6)20)14-8-9-26(24,10-14)19(11(2)3)12(4)5/h8-9,11-12,14H,7,10H2,1-6H3,(H,18,20)(H,21,22)/t14-,17?,26+/m1/s1. The van der Waals surface area contributed by atoms with Crippen molar-refractivity contribution >= 4 is 25.1 Å². The Kier molecular flexibility index (Phi) is 7.19. The third-order valence-electron chi connectivity index (χ3n) is 4.32. The Morgan fingerprint density at radius 3 is 2.23 bits per heavy atom. The summed E-state index contributed by atoms with van der Waals surface area (Å²) < 4.78 is 20.3. The average Bonchev–Trinajstić information content (AvgIpc) is 2.86. The smallest absolute Gasteiger partial charge is 0.344 e. The lowest BCUT2D eigenvalue weighted by Crippen LogP contribution is -2.65. The van der Waals surface area contributed by atoms with Crippen molar-refractivity contribution in [3.05, 3.63) is 11.9 Å². The normalized spacial score (nSPS) is 24.7. The van der Waals surface area contributed by atoms with Crippen LogP contribution in [0.2, 0.25) is 0 Å². The molecule has 26 heavy (non-hydrogen) atoms. The number of carbonyl (C=O) groups excluding carboxylic acids is 2. The number of nitrogens with one attached hydrogen (secondary N) is 1. The molecule has 0 aromatic heterocycles. The van der Waals surface area contributed by atoms with Crippen LogP contribution >= 0.6 is 7.29 Å². The number of ether oxygens (including phenoxy) is 1. The fraction of sp³-hybridized carbons (Fsp3) is 0.706. The predicted octanol–water partition coefficient (Wildman–Crippen LogP) is 2.05. The number of nitrogens with zero attached hydrogens (tertiary/aromatic N) is 1. The molecule has 9 heteroatoms. The summed E-state index contributed by atoms with van der Waals surface area (Å²) in [4.78, 5) is 36.2. The fourth-order valence-electron chi connectivity index (χ4n) is 3.59. The molecule has 0 saturated carbocycles. The van der Waals surface area contributed by atoms with Gasteiger partial charge in [0, 0.05) is 31.1 Å². The fourth-order valence-corrected chi connectivity index (χ4v) is 7.05. The van der Waals surface area contributed by atoms with Crippen molar-refractivity contribution in [2.75, 3.05) is 12.8 Å². The van der Waals surface area contributed by atoms with Gasteiger partial charge in [0.05, 0.1) is 6.61 Å². The SMILES string of the molecule is CCOC(=O)C(NC(C)=O)(C(=O)O)[C@@H]1C=C[P@@](=O)(N(C(C)C)C(C)C)C1. The second-order valence-electron chi connectivity index (χ2n) is 6.97. The quantitative estimate of drug-likeness (QED) is 0.372. The van der Waals surface area contributed by atoms with Crippen LogP contribution in [0.3, 0.4) is 0 Å². The summed E-state index contributed by atoms with van der Waals surface area (Å²) in [6.45, 7) is 10.3. The van der Waals surface area contributed by atoms with E-state index < -0.39 is 36.6 Å². The van der Waals surface area contributed by atoms with Gasteiger partial charge in [0.15, 0.2) is 7.29 Å². The van der Waals surface area contributed by atoms with E-state index in [0.29, 0.717) is 0 Å². The monoisotopic (exact) mass is 388 g/mol. The Morgan fingerprint density at radius 2 is 1.85 bits per heavy atom. The molecule has 0 radical (unpaired) electrons. The maximum Gasteiger partial charge on any atom is 0.344 e. The first-order chi connectivity index (χ1) is 11.9. The topological polar surface area (TPSA) is 113 Å². The van der Waals surface area contributed by atoms with Crippen LogP contribution in [0.4, 0.5) is 0 Å². The van der Waals surface area contributed by atoms with Crippen LogP contribution in [-0.2, 0) is 23.7 Å². The van der Waals surface area contributed by atoms with Crippen molar-refractivity contribution in [3.8, 4) is 0 Å². The molecule has 0 aliphatic carbocycles. The number of carboxylic acids is 1. The molecule has 0 aromatic rings. The van der Waals surface area contributed by atoms with E-state index in [1.807, 2.05) is 32.4 Å². The summed E-state index contributed by atoms with van der Waals surface area (Å²) in [6, 6.07) is -0.0707. The molecular formula is C17H29N2O6P. The molecule has 0 saturated heterocycles. The molecule has 1 heterocycles. The Labute approximate surface area is 154 Å². The van der Waals surface area contributed by atoms with Gasteiger partial charge in [0.2, 0.25) is 11.4 Å². The zero-order valence-electron chi connectivity index (χ0n) is 16.2. The van der Waals surface area contributed by atoms with Crippen LogP contribution in [0.5, 0.6) is 0 Å². The Bertz CT molecular complexity index is 637. The first-order valence-electron chi connectivity index (χ1n) is 8.68. The number of esters is 1. The average molecular weight is 388 g/mol. The number of carbonyl (C=O) groups is 3. The third-order valence-corrected chi connectivity index (χ3v) is 7.58. The van der Waals surface area contributed by atoms with Crippen LogP contribution in [0.1, 0.15) is 41.5 Å². The third kappa shape index (κ3) is 4.18. The van der Waals surface area contributed by atoms with E-state index in [9.17, 15) is 24.1 Å². The highest BCUT2D eigenvalue weighted by Crippen LogP contribution is 2.60. The molecule has 2 N–H and O–H groups in total. The summed E-state index contributed by atoms with van der Waals surface area (Å²) in [5, 5.41) is 12.1. The summed E-state index contributed by atoms with van der Waals surface area (Å²) in [5.74, 6) is -2.76. The van der Waals surface area contributed by atoms with Crippen LogP contribution in [0.25, 0.3) is 0 Å².